The standard InChI is InChI=1S/C17H19N5/c1-13-9-16(19-17-8-7-15(10-18)20-21-17)12-22(13)11-14-5-3-2-4-6-14/h2-8,13,16H,9,11-12H2,1H3,(H,19,21). The van der Waals surface area contributed by atoms with Gasteiger partial charge in [0, 0.05) is 25.2 Å². The van der Waals surface area contributed by atoms with Crippen LogP contribution in [0.2, 0.25) is 0 Å². The van der Waals surface area contributed by atoms with E-state index in [0.29, 0.717) is 17.8 Å². The maximum absolute atomic E-state index is 8.74. The van der Waals surface area contributed by atoms with Crippen molar-refractivity contribution in [2.24, 2.45) is 0 Å². The summed E-state index contributed by atoms with van der Waals surface area (Å²) in [4.78, 5) is 2.48. The minimum Gasteiger partial charge on any atom is -0.365 e. The normalized spacial score (nSPS) is 21.5. The van der Waals surface area contributed by atoms with Crippen LogP contribution in [0.4, 0.5) is 5.82 Å². The Hall–Kier alpha value is -2.45. The van der Waals surface area contributed by atoms with Gasteiger partial charge in [-0.05, 0) is 31.0 Å². The highest BCUT2D eigenvalue weighted by Gasteiger charge is 2.29. The van der Waals surface area contributed by atoms with Gasteiger partial charge in [-0.1, -0.05) is 30.3 Å². The third-order valence-corrected chi connectivity index (χ3v) is 4.06. The Morgan fingerprint density at radius 3 is 2.73 bits per heavy atom. The minimum atomic E-state index is 0.344. The molecule has 0 bridgehead atoms. The molecule has 1 saturated heterocycles. The molecule has 5 heteroatoms. The number of aromatic nitrogens is 2. The third kappa shape index (κ3) is 3.41. The maximum Gasteiger partial charge on any atom is 0.163 e. The Labute approximate surface area is 130 Å². The average molecular weight is 293 g/mol. The van der Waals surface area contributed by atoms with Crippen molar-refractivity contribution in [3.8, 4) is 6.07 Å². The molecule has 2 aromatic rings. The predicted octanol–water partition coefficient (Wildman–Crippen LogP) is 2.42. The maximum atomic E-state index is 8.74. The van der Waals surface area contributed by atoms with Gasteiger partial charge in [0.1, 0.15) is 11.9 Å². The van der Waals surface area contributed by atoms with Gasteiger partial charge < -0.3 is 5.32 Å². The summed E-state index contributed by atoms with van der Waals surface area (Å²) in [5, 5.41) is 20.1. The van der Waals surface area contributed by atoms with E-state index in [2.05, 4.69) is 51.6 Å². The van der Waals surface area contributed by atoms with Crippen molar-refractivity contribution in [2.75, 3.05) is 11.9 Å². The molecule has 0 aliphatic carbocycles. The minimum absolute atomic E-state index is 0.344. The SMILES string of the molecule is CC1CC(Nc2ccc(C#N)nn2)CN1Cc1ccccc1. The average Bonchev–Trinajstić information content (AvgIpc) is 2.88. The zero-order valence-corrected chi connectivity index (χ0v) is 12.6. The molecule has 1 aromatic carbocycles. The number of hydrogen-bond donors (Lipinski definition) is 1. The van der Waals surface area contributed by atoms with Crippen molar-refractivity contribution in [1.82, 2.24) is 15.1 Å². The van der Waals surface area contributed by atoms with Crippen LogP contribution in [0.25, 0.3) is 0 Å². The molecule has 2 heterocycles. The topological polar surface area (TPSA) is 64.8 Å². The van der Waals surface area contributed by atoms with Crippen molar-refractivity contribution in [1.29, 1.82) is 5.26 Å². The van der Waals surface area contributed by atoms with Crippen molar-refractivity contribution in [2.45, 2.75) is 32.0 Å². The lowest BCUT2D eigenvalue weighted by Crippen LogP contribution is -2.28. The van der Waals surface area contributed by atoms with Gasteiger partial charge in [0.25, 0.3) is 0 Å². The van der Waals surface area contributed by atoms with Gasteiger partial charge in [-0.25, -0.2) is 0 Å². The van der Waals surface area contributed by atoms with Gasteiger partial charge in [-0.2, -0.15) is 5.26 Å². The Bertz CT molecular complexity index is 647. The molecule has 0 amide bonds. The lowest BCUT2D eigenvalue weighted by Gasteiger charge is -2.20. The first-order chi connectivity index (χ1) is 10.7. The molecule has 1 fully saturated rings. The summed E-state index contributed by atoms with van der Waals surface area (Å²) in [5.74, 6) is 0.734. The second kappa shape index (κ2) is 6.54. The zero-order valence-electron chi connectivity index (χ0n) is 12.6. The van der Waals surface area contributed by atoms with Crippen LogP contribution in [0.5, 0.6) is 0 Å². The molecule has 0 radical (unpaired) electrons. The molecule has 2 atom stereocenters. The lowest BCUT2D eigenvalue weighted by molar-refractivity contribution is 0.259. The van der Waals surface area contributed by atoms with Gasteiger partial charge in [-0.3, -0.25) is 4.90 Å². The van der Waals surface area contributed by atoms with Crippen molar-refractivity contribution in [3.05, 3.63) is 53.7 Å². The molecular formula is C17H19N5. The Balaban J connectivity index is 1.59. The van der Waals surface area contributed by atoms with Crippen LogP contribution in [0, 0.1) is 11.3 Å². The van der Waals surface area contributed by atoms with E-state index in [1.165, 1.54) is 5.56 Å². The number of nitriles is 1. The fourth-order valence-corrected chi connectivity index (χ4v) is 2.92. The highest BCUT2D eigenvalue weighted by Crippen LogP contribution is 2.22. The highest BCUT2D eigenvalue weighted by atomic mass is 15.2. The summed E-state index contributed by atoms with van der Waals surface area (Å²) in [7, 11) is 0. The van der Waals surface area contributed by atoms with E-state index >= 15 is 0 Å². The molecular weight excluding hydrogens is 274 g/mol. The van der Waals surface area contributed by atoms with E-state index in [-0.39, 0.29) is 0 Å². The molecule has 0 spiro atoms. The lowest BCUT2D eigenvalue weighted by atomic mass is 10.2. The van der Waals surface area contributed by atoms with Gasteiger partial charge in [0.15, 0.2) is 5.69 Å². The quantitative estimate of drug-likeness (QED) is 0.938. The number of rotatable bonds is 4. The van der Waals surface area contributed by atoms with Crippen molar-refractivity contribution < 1.29 is 0 Å². The first kappa shape index (κ1) is 14.5. The number of anilines is 1. The number of benzene rings is 1. The fourth-order valence-electron chi connectivity index (χ4n) is 2.92. The molecule has 1 aliphatic heterocycles. The van der Waals surface area contributed by atoms with Crippen LogP contribution in [0.3, 0.4) is 0 Å². The summed E-state index contributed by atoms with van der Waals surface area (Å²) in [5.41, 5.74) is 1.68. The molecule has 0 saturated carbocycles. The number of nitrogens with zero attached hydrogens (tertiary/aromatic N) is 4. The number of likely N-dealkylation sites (tertiary alicyclic amines) is 1. The smallest absolute Gasteiger partial charge is 0.163 e. The second-order valence-corrected chi connectivity index (χ2v) is 5.76. The highest BCUT2D eigenvalue weighted by molar-refractivity contribution is 5.36. The van der Waals surface area contributed by atoms with Crippen LogP contribution in [-0.2, 0) is 6.54 Å². The van der Waals surface area contributed by atoms with Crippen LogP contribution in [0.1, 0.15) is 24.6 Å². The van der Waals surface area contributed by atoms with E-state index < -0.39 is 0 Å². The van der Waals surface area contributed by atoms with Gasteiger partial charge in [-0.15, -0.1) is 10.2 Å². The van der Waals surface area contributed by atoms with E-state index in [1.807, 2.05) is 18.2 Å². The van der Waals surface area contributed by atoms with Gasteiger partial charge in [0.2, 0.25) is 0 Å². The molecule has 2 unspecified atom stereocenters. The van der Waals surface area contributed by atoms with Crippen LogP contribution >= 0.6 is 0 Å². The summed E-state index contributed by atoms with van der Waals surface area (Å²) < 4.78 is 0. The molecule has 3 rings (SSSR count). The third-order valence-electron chi connectivity index (χ3n) is 4.06. The first-order valence-corrected chi connectivity index (χ1v) is 7.53. The molecule has 1 N–H and O–H groups in total. The number of hydrogen-bond acceptors (Lipinski definition) is 5. The molecule has 1 aliphatic rings. The summed E-state index contributed by atoms with van der Waals surface area (Å²) in [6.45, 7) is 4.21. The first-order valence-electron chi connectivity index (χ1n) is 7.53. The molecule has 22 heavy (non-hydrogen) atoms. The zero-order chi connectivity index (χ0) is 15.4. The van der Waals surface area contributed by atoms with Crippen LogP contribution in [-0.4, -0.2) is 33.7 Å². The van der Waals surface area contributed by atoms with Crippen molar-refractivity contribution in [3.63, 3.8) is 0 Å². The second-order valence-electron chi connectivity index (χ2n) is 5.76. The van der Waals surface area contributed by atoms with E-state index in [1.54, 1.807) is 6.07 Å². The Morgan fingerprint density at radius 2 is 2.05 bits per heavy atom. The van der Waals surface area contributed by atoms with Crippen molar-refractivity contribution >= 4 is 5.82 Å². The van der Waals surface area contributed by atoms with Crippen LogP contribution < -0.4 is 5.32 Å². The summed E-state index contributed by atoms with van der Waals surface area (Å²) in [6, 6.07) is 16.9. The van der Waals surface area contributed by atoms with E-state index in [9.17, 15) is 0 Å². The van der Waals surface area contributed by atoms with Gasteiger partial charge in [0.05, 0.1) is 0 Å². The Kier molecular flexibility index (Phi) is 4.31. The molecule has 112 valence electrons. The summed E-state index contributed by atoms with van der Waals surface area (Å²) in [6.07, 6.45) is 1.08. The van der Waals surface area contributed by atoms with E-state index in [0.717, 1.165) is 25.3 Å². The summed E-state index contributed by atoms with van der Waals surface area (Å²) >= 11 is 0. The van der Waals surface area contributed by atoms with Crippen LogP contribution in [0.15, 0.2) is 42.5 Å². The number of nitrogens with one attached hydrogen (secondary N) is 1. The molecule has 1 aromatic heterocycles. The fraction of sp³-hybridized carbons (Fsp3) is 0.353. The monoisotopic (exact) mass is 293 g/mol. The van der Waals surface area contributed by atoms with E-state index in [4.69, 9.17) is 5.26 Å². The Morgan fingerprint density at radius 1 is 1.23 bits per heavy atom. The largest absolute Gasteiger partial charge is 0.365 e. The molecule has 5 nitrogen and oxygen atoms in total. The predicted molar refractivity (Wildman–Crippen MR) is 85.1 cm³/mol. The van der Waals surface area contributed by atoms with Gasteiger partial charge >= 0.3 is 0 Å².